The van der Waals surface area contributed by atoms with Gasteiger partial charge in [-0.2, -0.15) is 0 Å². The summed E-state index contributed by atoms with van der Waals surface area (Å²) in [4.78, 5) is 18.3. The highest BCUT2D eigenvalue weighted by atomic mass is 15.3. The van der Waals surface area contributed by atoms with Crippen molar-refractivity contribution in [2.75, 3.05) is 18.0 Å². The molecule has 2 aromatic rings. The van der Waals surface area contributed by atoms with Gasteiger partial charge in [0.25, 0.3) is 0 Å². The summed E-state index contributed by atoms with van der Waals surface area (Å²) in [6.45, 7) is 4.89. The standard InChI is InChI=1S/C14H20N6/c1-11-13(19-10-18-11)9-17-12-3-7-20(8-4-12)14-15-5-2-6-16-14/h2,5-6,10,12,17H,3-4,7-9H2,1H3,(H,18,19). The number of aryl methyl sites for hydroxylation is 1. The molecule has 0 atom stereocenters. The maximum absolute atomic E-state index is 4.31. The fourth-order valence-corrected chi connectivity index (χ4v) is 2.54. The van der Waals surface area contributed by atoms with Crippen molar-refractivity contribution in [2.45, 2.75) is 32.4 Å². The Morgan fingerprint density at radius 2 is 2.00 bits per heavy atom. The van der Waals surface area contributed by atoms with Crippen LogP contribution in [0.3, 0.4) is 0 Å². The van der Waals surface area contributed by atoms with Gasteiger partial charge in [0.05, 0.1) is 12.0 Å². The molecule has 0 unspecified atom stereocenters. The van der Waals surface area contributed by atoms with Crippen molar-refractivity contribution in [3.63, 3.8) is 0 Å². The molecule has 0 spiro atoms. The maximum atomic E-state index is 4.31. The van der Waals surface area contributed by atoms with E-state index in [1.165, 1.54) is 0 Å². The van der Waals surface area contributed by atoms with Gasteiger partial charge in [0.15, 0.2) is 0 Å². The first-order valence-corrected chi connectivity index (χ1v) is 7.07. The Bertz CT molecular complexity index is 530. The fraction of sp³-hybridized carbons (Fsp3) is 0.500. The highest BCUT2D eigenvalue weighted by Gasteiger charge is 2.20. The molecule has 0 bridgehead atoms. The average Bonchev–Trinajstić information content (AvgIpc) is 2.92. The first-order chi connectivity index (χ1) is 9.83. The van der Waals surface area contributed by atoms with Crippen molar-refractivity contribution in [2.24, 2.45) is 0 Å². The summed E-state index contributed by atoms with van der Waals surface area (Å²) < 4.78 is 0. The molecule has 2 N–H and O–H groups in total. The van der Waals surface area contributed by atoms with E-state index in [4.69, 9.17) is 0 Å². The van der Waals surface area contributed by atoms with E-state index in [9.17, 15) is 0 Å². The number of anilines is 1. The molecule has 2 aromatic heterocycles. The van der Waals surface area contributed by atoms with Crippen LogP contribution in [-0.2, 0) is 6.54 Å². The summed E-state index contributed by atoms with van der Waals surface area (Å²) in [6.07, 6.45) is 7.57. The number of piperidine rings is 1. The molecule has 0 amide bonds. The van der Waals surface area contributed by atoms with Crippen molar-refractivity contribution in [1.29, 1.82) is 0 Å². The zero-order valence-electron chi connectivity index (χ0n) is 11.7. The molecule has 6 nitrogen and oxygen atoms in total. The molecule has 1 aliphatic rings. The molecule has 3 rings (SSSR count). The highest BCUT2D eigenvalue weighted by Crippen LogP contribution is 2.15. The molecule has 1 aliphatic heterocycles. The van der Waals surface area contributed by atoms with Crippen LogP contribution in [0.15, 0.2) is 24.8 Å². The SMILES string of the molecule is Cc1[nH]cnc1CNC1CCN(c2ncccn2)CC1. The number of H-pyrrole nitrogens is 1. The molecular weight excluding hydrogens is 252 g/mol. The van der Waals surface area contributed by atoms with Crippen molar-refractivity contribution in [3.05, 3.63) is 36.2 Å². The quantitative estimate of drug-likeness (QED) is 0.877. The second-order valence-corrected chi connectivity index (χ2v) is 5.17. The van der Waals surface area contributed by atoms with Crippen molar-refractivity contribution >= 4 is 5.95 Å². The molecule has 20 heavy (non-hydrogen) atoms. The van der Waals surface area contributed by atoms with Crippen LogP contribution in [0.4, 0.5) is 5.95 Å². The minimum atomic E-state index is 0.547. The predicted octanol–water partition coefficient (Wildman–Crippen LogP) is 1.27. The third-order valence-corrected chi connectivity index (χ3v) is 3.82. The van der Waals surface area contributed by atoms with E-state index in [0.29, 0.717) is 6.04 Å². The third kappa shape index (κ3) is 2.96. The van der Waals surface area contributed by atoms with E-state index in [2.05, 4.69) is 37.1 Å². The number of hydrogen-bond acceptors (Lipinski definition) is 5. The number of aromatic amines is 1. The van der Waals surface area contributed by atoms with Crippen LogP contribution >= 0.6 is 0 Å². The van der Waals surface area contributed by atoms with Crippen molar-refractivity contribution < 1.29 is 0 Å². The van der Waals surface area contributed by atoms with E-state index in [1.807, 2.05) is 6.07 Å². The number of rotatable bonds is 4. The molecule has 0 radical (unpaired) electrons. The number of imidazole rings is 1. The summed E-state index contributed by atoms with van der Waals surface area (Å²) >= 11 is 0. The van der Waals surface area contributed by atoms with Crippen molar-refractivity contribution in [1.82, 2.24) is 25.3 Å². The summed E-state index contributed by atoms with van der Waals surface area (Å²) in [5.74, 6) is 0.842. The first-order valence-electron chi connectivity index (χ1n) is 7.07. The molecule has 6 heteroatoms. The van der Waals surface area contributed by atoms with E-state index in [0.717, 1.165) is 49.8 Å². The second-order valence-electron chi connectivity index (χ2n) is 5.17. The Kier molecular flexibility index (Phi) is 3.92. The highest BCUT2D eigenvalue weighted by molar-refractivity contribution is 5.29. The van der Waals surface area contributed by atoms with E-state index in [1.54, 1.807) is 18.7 Å². The Labute approximate surface area is 118 Å². The smallest absolute Gasteiger partial charge is 0.225 e. The molecular formula is C14H20N6. The monoisotopic (exact) mass is 272 g/mol. The van der Waals surface area contributed by atoms with Crippen LogP contribution in [0, 0.1) is 6.92 Å². The van der Waals surface area contributed by atoms with Gasteiger partial charge in [-0.3, -0.25) is 0 Å². The van der Waals surface area contributed by atoms with Gasteiger partial charge in [0.2, 0.25) is 5.95 Å². The van der Waals surface area contributed by atoms with E-state index < -0.39 is 0 Å². The minimum absolute atomic E-state index is 0.547. The maximum Gasteiger partial charge on any atom is 0.225 e. The average molecular weight is 272 g/mol. The minimum Gasteiger partial charge on any atom is -0.348 e. The van der Waals surface area contributed by atoms with Crippen LogP contribution in [0.2, 0.25) is 0 Å². The molecule has 1 saturated heterocycles. The van der Waals surface area contributed by atoms with Crippen LogP contribution in [0.25, 0.3) is 0 Å². The van der Waals surface area contributed by atoms with Gasteiger partial charge in [-0.05, 0) is 25.8 Å². The lowest BCUT2D eigenvalue weighted by Crippen LogP contribution is -2.43. The first kappa shape index (κ1) is 13.1. The lowest BCUT2D eigenvalue weighted by molar-refractivity contribution is 0.409. The molecule has 1 fully saturated rings. The third-order valence-electron chi connectivity index (χ3n) is 3.82. The Balaban J connectivity index is 1.48. The Hall–Kier alpha value is -1.95. The second kappa shape index (κ2) is 6.00. The lowest BCUT2D eigenvalue weighted by Gasteiger charge is -2.32. The van der Waals surface area contributed by atoms with Crippen LogP contribution in [0.1, 0.15) is 24.2 Å². The summed E-state index contributed by atoms with van der Waals surface area (Å²) in [7, 11) is 0. The Morgan fingerprint density at radius 1 is 1.25 bits per heavy atom. The number of aromatic nitrogens is 4. The van der Waals surface area contributed by atoms with E-state index >= 15 is 0 Å². The van der Waals surface area contributed by atoms with Crippen LogP contribution in [0.5, 0.6) is 0 Å². The molecule has 106 valence electrons. The Morgan fingerprint density at radius 3 is 2.65 bits per heavy atom. The van der Waals surface area contributed by atoms with Gasteiger partial charge in [0, 0.05) is 43.8 Å². The predicted molar refractivity (Wildman–Crippen MR) is 77.4 cm³/mol. The summed E-state index contributed by atoms with van der Waals surface area (Å²) in [5.41, 5.74) is 2.26. The largest absolute Gasteiger partial charge is 0.348 e. The summed E-state index contributed by atoms with van der Waals surface area (Å²) in [5, 5.41) is 3.59. The van der Waals surface area contributed by atoms with Crippen LogP contribution < -0.4 is 10.2 Å². The fourth-order valence-electron chi connectivity index (χ4n) is 2.54. The van der Waals surface area contributed by atoms with Crippen molar-refractivity contribution in [3.8, 4) is 0 Å². The normalized spacial score (nSPS) is 16.6. The summed E-state index contributed by atoms with van der Waals surface area (Å²) in [6, 6.07) is 2.40. The topological polar surface area (TPSA) is 69.7 Å². The molecule has 0 aromatic carbocycles. The van der Waals surface area contributed by atoms with Gasteiger partial charge in [-0.15, -0.1) is 0 Å². The van der Waals surface area contributed by atoms with Gasteiger partial charge in [0.1, 0.15) is 0 Å². The molecule has 0 aliphatic carbocycles. The van der Waals surface area contributed by atoms with E-state index in [-0.39, 0.29) is 0 Å². The zero-order valence-corrected chi connectivity index (χ0v) is 11.7. The van der Waals surface area contributed by atoms with Gasteiger partial charge in [-0.1, -0.05) is 0 Å². The van der Waals surface area contributed by atoms with Gasteiger partial charge in [-0.25, -0.2) is 15.0 Å². The van der Waals surface area contributed by atoms with Crippen LogP contribution in [-0.4, -0.2) is 39.1 Å². The zero-order chi connectivity index (χ0) is 13.8. The van der Waals surface area contributed by atoms with Gasteiger partial charge < -0.3 is 15.2 Å². The number of hydrogen-bond donors (Lipinski definition) is 2. The molecule has 0 saturated carbocycles. The lowest BCUT2D eigenvalue weighted by atomic mass is 10.1. The number of nitrogens with zero attached hydrogens (tertiary/aromatic N) is 4. The van der Waals surface area contributed by atoms with Gasteiger partial charge >= 0.3 is 0 Å². The molecule has 3 heterocycles. The number of nitrogens with one attached hydrogen (secondary N) is 2.